The second-order valence-electron chi connectivity index (χ2n) is 8.87. The predicted molar refractivity (Wildman–Crippen MR) is 112 cm³/mol. The minimum atomic E-state index is -1.16. The zero-order chi connectivity index (χ0) is 21.7. The molecule has 4 rings (SSSR count). The minimum absolute atomic E-state index is 0.0762. The molecule has 7 heteroatoms. The summed E-state index contributed by atoms with van der Waals surface area (Å²) in [5, 5.41) is 21.8. The molecule has 0 radical (unpaired) electrons. The molecule has 2 heterocycles. The number of amides is 3. The van der Waals surface area contributed by atoms with Gasteiger partial charge in [0.1, 0.15) is 0 Å². The van der Waals surface area contributed by atoms with Crippen LogP contribution < -0.4 is 0 Å². The molecular formula is C23H30N4O3. The molecule has 1 aromatic rings. The van der Waals surface area contributed by atoms with Crippen molar-refractivity contribution in [2.24, 2.45) is 0 Å². The Morgan fingerprint density at radius 2 is 1.97 bits per heavy atom. The van der Waals surface area contributed by atoms with Gasteiger partial charge >= 0.3 is 6.03 Å². The standard InChI is InChI=1S/C23H30N4O3/c1-4-26-11-9-23(30)19-13-17-7-6-16(15-24)12-18(17)22(23,8-10-25(19)3)14-20(28)27(5-2)21(26)29/h6-7,12,19,30H,4-5,8-11,13-14H2,1-3H3/t19-,22-,23-/m1/s1. The fourth-order valence-electron chi connectivity index (χ4n) is 5.97. The number of fused-ring (bicyclic) bond motifs is 1. The first-order chi connectivity index (χ1) is 14.3. The van der Waals surface area contributed by atoms with Gasteiger partial charge in [-0.25, -0.2) is 4.79 Å². The van der Waals surface area contributed by atoms with E-state index in [0.29, 0.717) is 44.5 Å². The molecule has 2 saturated heterocycles. The van der Waals surface area contributed by atoms with Gasteiger partial charge in [-0.05, 0) is 70.0 Å². The summed E-state index contributed by atoms with van der Waals surface area (Å²) in [6.45, 7) is 5.66. The summed E-state index contributed by atoms with van der Waals surface area (Å²) in [4.78, 5) is 31.7. The van der Waals surface area contributed by atoms with Crippen LogP contribution in [0.25, 0.3) is 0 Å². The van der Waals surface area contributed by atoms with Gasteiger partial charge in [0.2, 0.25) is 5.91 Å². The quantitative estimate of drug-likeness (QED) is 0.804. The highest BCUT2D eigenvalue weighted by Crippen LogP contribution is 2.55. The third-order valence-electron chi connectivity index (χ3n) is 7.69. The molecule has 0 aromatic heterocycles. The van der Waals surface area contributed by atoms with E-state index in [1.54, 1.807) is 4.90 Å². The Morgan fingerprint density at radius 3 is 2.63 bits per heavy atom. The van der Waals surface area contributed by atoms with Crippen molar-refractivity contribution in [3.8, 4) is 6.07 Å². The number of hydrogen-bond donors (Lipinski definition) is 1. The van der Waals surface area contributed by atoms with Gasteiger partial charge in [-0.15, -0.1) is 0 Å². The van der Waals surface area contributed by atoms with Crippen LogP contribution in [0.5, 0.6) is 0 Å². The van der Waals surface area contributed by atoms with Crippen LogP contribution in [-0.4, -0.2) is 76.6 Å². The number of likely N-dealkylation sites (N-methyl/N-ethyl adjacent to an activating group) is 1. The van der Waals surface area contributed by atoms with E-state index in [4.69, 9.17) is 0 Å². The molecule has 2 aliphatic heterocycles. The first-order valence-electron chi connectivity index (χ1n) is 10.9. The van der Waals surface area contributed by atoms with Gasteiger partial charge < -0.3 is 14.9 Å². The third kappa shape index (κ3) is 2.78. The van der Waals surface area contributed by atoms with Crippen molar-refractivity contribution < 1.29 is 14.7 Å². The van der Waals surface area contributed by atoms with Crippen LogP contribution in [0.15, 0.2) is 18.2 Å². The average molecular weight is 411 g/mol. The Bertz CT molecular complexity index is 926. The van der Waals surface area contributed by atoms with Crippen LogP contribution in [0.4, 0.5) is 4.79 Å². The molecule has 1 N–H and O–H groups in total. The monoisotopic (exact) mass is 410 g/mol. The largest absolute Gasteiger partial charge is 0.387 e. The highest BCUT2D eigenvalue weighted by atomic mass is 16.3. The van der Waals surface area contributed by atoms with Gasteiger partial charge in [-0.3, -0.25) is 9.69 Å². The lowest BCUT2D eigenvalue weighted by atomic mass is 9.52. The molecule has 3 amide bonds. The molecule has 3 aliphatic rings. The van der Waals surface area contributed by atoms with Crippen molar-refractivity contribution in [1.29, 1.82) is 5.26 Å². The van der Waals surface area contributed by atoms with E-state index in [1.807, 2.05) is 39.1 Å². The lowest BCUT2D eigenvalue weighted by molar-refractivity contribution is -0.157. The Kier molecular flexibility index (Phi) is 5.11. The number of piperidine rings is 1. The number of rotatable bonds is 2. The molecule has 2 bridgehead atoms. The van der Waals surface area contributed by atoms with Gasteiger partial charge in [0.15, 0.2) is 0 Å². The van der Waals surface area contributed by atoms with Crippen LogP contribution in [0.2, 0.25) is 0 Å². The lowest BCUT2D eigenvalue weighted by Crippen LogP contribution is -2.71. The van der Waals surface area contributed by atoms with Crippen molar-refractivity contribution in [1.82, 2.24) is 14.7 Å². The SMILES string of the molecule is CCN1CC[C@@]2(O)[C@H]3Cc4ccc(C#N)cc4[C@@]2(CCN3C)CC(=O)N(CC)C1=O. The van der Waals surface area contributed by atoms with Gasteiger partial charge in [0.25, 0.3) is 0 Å². The molecular weight excluding hydrogens is 380 g/mol. The molecule has 1 aliphatic carbocycles. The maximum atomic E-state index is 13.4. The van der Waals surface area contributed by atoms with E-state index in [0.717, 1.165) is 17.7 Å². The van der Waals surface area contributed by atoms with E-state index in [1.165, 1.54) is 4.90 Å². The summed E-state index contributed by atoms with van der Waals surface area (Å²) in [5.41, 5.74) is 0.570. The maximum absolute atomic E-state index is 13.4. The first kappa shape index (κ1) is 20.8. The van der Waals surface area contributed by atoms with E-state index < -0.39 is 11.0 Å². The minimum Gasteiger partial charge on any atom is -0.387 e. The molecule has 2 fully saturated rings. The van der Waals surface area contributed by atoms with Crippen molar-refractivity contribution >= 4 is 11.9 Å². The Balaban J connectivity index is 1.94. The fraction of sp³-hybridized carbons (Fsp3) is 0.609. The highest BCUT2D eigenvalue weighted by Gasteiger charge is 2.63. The summed E-state index contributed by atoms with van der Waals surface area (Å²) >= 11 is 0. The summed E-state index contributed by atoms with van der Waals surface area (Å²) < 4.78 is 0. The summed E-state index contributed by atoms with van der Waals surface area (Å²) in [5.74, 6) is -0.250. The van der Waals surface area contributed by atoms with Crippen molar-refractivity contribution in [3.63, 3.8) is 0 Å². The normalized spacial score (nSPS) is 31.9. The number of likely N-dealkylation sites (tertiary alicyclic amines) is 1. The van der Waals surface area contributed by atoms with Crippen LogP contribution in [0.1, 0.15) is 49.8 Å². The second-order valence-corrected chi connectivity index (χ2v) is 8.87. The van der Waals surface area contributed by atoms with Crippen molar-refractivity contribution in [3.05, 3.63) is 34.9 Å². The summed E-state index contributed by atoms with van der Waals surface area (Å²) in [6, 6.07) is 7.44. The number of carbonyl (C=O) groups excluding carboxylic acids is 2. The number of benzene rings is 1. The number of hydrogen-bond acceptors (Lipinski definition) is 5. The number of imide groups is 1. The predicted octanol–water partition coefficient (Wildman–Crippen LogP) is 1.87. The fourth-order valence-corrected chi connectivity index (χ4v) is 5.97. The smallest absolute Gasteiger partial charge is 0.326 e. The van der Waals surface area contributed by atoms with Gasteiger partial charge in [0, 0.05) is 37.5 Å². The molecule has 30 heavy (non-hydrogen) atoms. The number of nitrogens with zero attached hydrogens (tertiary/aromatic N) is 4. The van der Waals surface area contributed by atoms with Crippen LogP contribution in [0, 0.1) is 11.3 Å². The number of aliphatic hydroxyl groups is 1. The van der Waals surface area contributed by atoms with Gasteiger partial charge in [0.05, 0.1) is 17.2 Å². The average Bonchev–Trinajstić information content (AvgIpc) is 2.76. The topological polar surface area (TPSA) is 87.9 Å². The molecule has 0 saturated carbocycles. The summed E-state index contributed by atoms with van der Waals surface area (Å²) in [7, 11) is 2.02. The van der Waals surface area contributed by atoms with E-state index in [-0.39, 0.29) is 24.4 Å². The number of urea groups is 1. The van der Waals surface area contributed by atoms with E-state index in [9.17, 15) is 20.0 Å². The molecule has 3 atom stereocenters. The Morgan fingerprint density at radius 1 is 1.20 bits per heavy atom. The summed E-state index contributed by atoms with van der Waals surface area (Å²) in [6.07, 6.45) is 1.76. The van der Waals surface area contributed by atoms with E-state index >= 15 is 0 Å². The van der Waals surface area contributed by atoms with Crippen molar-refractivity contribution in [2.75, 3.05) is 33.2 Å². The first-order valence-corrected chi connectivity index (χ1v) is 10.9. The third-order valence-corrected chi connectivity index (χ3v) is 7.69. The molecule has 7 nitrogen and oxygen atoms in total. The maximum Gasteiger partial charge on any atom is 0.326 e. The van der Waals surface area contributed by atoms with Gasteiger partial charge in [-0.2, -0.15) is 5.26 Å². The zero-order valence-electron chi connectivity index (χ0n) is 18.0. The highest BCUT2D eigenvalue weighted by molar-refractivity contribution is 5.95. The van der Waals surface area contributed by atoms with Gasteiger partial charge in [-0.1, -0.05) is 6.07 Å². The molecule has 0 spiro atoms. The molecule has 0 unspecified atom stereocenters. The van der Waals surface area contributed by atoms with E-state index in [2.05, 4.69) is 11.0 Å². The Hall–Kier alpha value is -2.43. The number of nitriles is 1. The second kappa shape index (κ2) is 7.36. The van der Waals surface area contributed by atoms with Crippen LogP contribution >= 0.6 is 0 Å². The number of carbonyl (C=O) groups is 2. The molecule has 1 aromatic carbocycles. The van der Waals surface area contributed by atoms with Crippen molar-refractivity contribution in [2.45, 2.75) is 56.6 Å². The van der Waals surface area contributed by atoms with Crippen LogP contribution in [0.3, 0.4) is 0 Å². The zero-order valence-corrected chi connectivity index (χ0v) is 18.0. The Labute approximate surface area is 177 Å². The molecule has 160 valence electrons. The lowest BCUT2D eigenvalue weighted by Gasteiger charge is -2.61. The van der Waals surface area contributed by atoms with Crippen LogP contribution in [-0.2, 0) is 16.6 Å².